The summed E-state index contributed by atoms with van der Waals surface area (Å²) in [7, 11) is 0. The number of aromatic nitrogens is 4. The van der Waals surface area contributed by atoms with E-state index in [9.17, 15) is 4.79 Å². The average Bonchev–Trinajstić information content (AvgIpc) is 2.99. The van der Waals surface area contributed by atoms with Crippen LogP contribution in [0.3, 0.4) is 0 Å². The molecular weight excluding hydrogens is 218 g/mol. The Bertz CT molecular complexity index is 516. The molecule has 6 heteroatoms. The predicted molar refractivity (Wildman–Crippen MR) is 60.4 cm³/mol. The number of nitrogens with one attached hydrogen (secondary N) is 1. The molecule has 6 nitrogen and oxygen atoms in total. The number of rotatable bonds is 3. The van der Waals surface area contributed by atoms with Crippen LogP contribution in [0.4, 0.5) is 0 Å². The third-order valence-corrected chi connectivity index (χ3v) is 2.98. The van der Waals surface area contributed by atoms with Gasteiger partial charge in [-0.05, 0) is 12.1 Å². The van der Waals surface area contributed by atoms with Gasteiger partial charge in [-0.15, -0.1) is 10.2 Å². The Morgan fingerprint density at radius 1 is 1.47 bits per heavy atom. The first kappa shape index (κ1) is 10.2. The van der Waals surface area contributed by atoms with Crippen LogP contribution in [0, 0.1) is 0 Å². The van der Waals surface area contributed by atoms with E-state index in [1.54, 1.807) is 18.6 Å². The van der Waals surface area contributed by atoms with Crippen molar-refractivity contribution < 1.29 is 4.79 Å². The van der Waals surface area contributed by atoms with Crippen molar-refractivity contribution in [1.82, 2.24) is 24.6 Å². The molecular formula is C11H13N5O. The first-order chi connectivity index (χ1) is 8.33. The van der Waals surface area contributed by atoms with E-state index in [0.29, 0.717) is 18.8 Å². The summed E-state index contributed by atoms with van der Waals surface area (Å²) >= 11 is 0. The summed E-state index contributed by atoms with van der Waals surface area (Å²) < 4.78 is 2.02. The smallest absolute Gasteiger partial charge is 0.192 e. The zero-order valence-corrected chi connectivity index (χ0v) is 9.33. The maximum atomic E-state index is 11.9. The van der Waals surface area contributed by atoms with Crippen molar-refractivity contribution in [2.24, 2.45) is 0 Å². The van der Waals surface area contributed by atoms with E-state index < -0.39 is 0 Å². The molecule has 2 aromatic rings. The molecule has 88 valence electrons. The molecule has 17 heavy (non-hydrogen) atoms. The molecule has 3 rings (SSSR count). The lowest BCUT2D eigenvalue weighted by atomic mass is 10.2. The number of Topliss-reactive ketones (excluding diaryl/α,β-unsaturated/α-hetero) is 1. The van der Waals surface area contributed by atoms with Crippen molar-refractivity contribution in [3.63, 3.8) is 0 Å². The Balaban J connectivity index is 1.66. The molecule has 0 saturated carbocycles. The zero-order chi connectivity index (χ0) is 11.7. The maximum Gasteiger partial charge on any atom is 0.192 e. The molecule has 0 radical (unpaired) electrons. The lowest BCUT2D eigenvalue weighted by Crippen LogP contribution is -2.37. The minimum Gasteiger partial charge on any atom is -0.359 e. The molecule has 2 aromatic heterocycles. The highest BCUT2D eigenvalue weighted by Crippen LogP contribution is 2.09. The average molecular weight is 231 g/mol. The highest BCUT2D eigenvalue weighted by Gasteiger charge is 2.20. The van der Waals surface area contributed by atoms with Gasteiger partial charge in [-0.3, -0.25) is 9.69 Å². The standard InChI is InChI=1S/C11H13N5O/c17-10(9-2-1-3-12-9)6-15-4-5-16-8-13-14-11(16)7-15/h1-3,8,12H,4-7H2. The molecule has 0 spiro atoms. The Kier molecular flexibility index (Phi) is 2.49. The molecule has 1 aliphatic rings. The largest absolute Gasteiger partial charge is 0.359 e. The minimum absolute atomic E-state index is 0.114. The zero-order valence-electron chi connectivity index (χ0n) is 9.33. The van der Waals surface area contributed by atoms with E-state index in [2.05, 4.69) is 20.1 Å². The number of ketones is 1. The summed E-state index contributed by atoms with van der Waals surface area (Å²) in [5, 5.41) is 7.89. The number of hydrogen-bond acceptors (Lipinski definition) is 4. The van der Waals surface area contributed by atoms with E-state index in [1.165, 1.54) is 0 Å². The summed E-state index contributed by atoms with van der Waals surface area (Å²) in [5.74, 6) is 1.04. The first-order valence-electron chi connectivity index (χ1n) is 5.58. The second-order valence-electron chi connectivity index (χ2n) is 4.16. The summed E-state index contributed by atoms with van der Waals surface area (Å²) in [6.07, 6.45) is 3.50. The quantitative estimate of drug-likeness (QED) is 0.772. The molecule has 0 saturated heterocycles. The van der Waals surface area contributed by atoms with Gasteiger partial charge in [-0.1, -0.05) is 0 Å². The molecule has 0 amide bonds. The second-order valence-corrected chi connectivity index (χ2v) is 4.16. The van der Waals surface area contributed by atoms with Gasteiger partial charge in [-0.2, -0.15) is 0 Å². The maximum absolute atomic E-state index is 11.9. The Morgan fingerprint density at radius 2 is 2.41 bits per heavy atom. The van der Waals surface area contributed by atoms with Crippen molar-refractivity contribution in [1.29, 1.82) is 0 Å². The van der Waals surface area contributed by atoms with Gasteiger partial charge in [0.2, 0.25) is 0 Å². The van der Waals surface area contributed by atoms with Gasteiger partial charge in [0.05, 0.1) is 18.8 Å². The summed E-state index contributed by atoms with van der Waals surface area (Å²) in [6.45, 7) is 2.82. The van der Waals surface area contributed by atoms with Gasteiger partial charge in [0.1, 0.15) is 12.2 Å². The highest BCUT2D eigenvalue weighted by molar-refractivity contribution is 5.95. The van der Waals surface area contributed by atoms with Crippen LogP contribution in [0.15, 0.2) is 24.7 Å². The third kappa shape index (κ3) is 1.99. The number of aromatic amines is 1. The number of carbonyl (C=O) groups excluding carboxylic acids is 1. The van der Waals surface area contributed by atoms with E-state index >= 15 is 0 Å². The topological polar surface area (TPSA) is 66.8 Å². The lowest BCUT2D eigenvalue weighted by molar-refractivity contribution is 0.0903. The fourth-order valence-electron chi connectivity index (χ4n) is 2.04. The minimum atomic E-state index is 0.114. The molecule has 1 aliphatic heterocycles. The normalized spacial score (nSPS) is 15.8. The van der Waals surface area contributed by atoms with Crippen LogP contribution >= 0.6 is 0 Å². The van der Waals surface area contributed by atoms with Crippen LogP contribution in [-0.4, -0.2) is 43.5 Å². The van der Waals surface area contributed by atoms with E-state index in [0.717, 1.165) is 18.9 Å². The van der Waals surface area contributed by atoms with Gasteiger partial charge >= 0.3 is 0 Å². The molecule has 0 unspecified atom stereocenters. The lowest BCUT2D eigenvalue weighted by Gasteiger charge is -2.25. The molecule has 0 atom stereocenters. The fraction of sp³-hybridized carbons (Fsp3) is 0.364. The Morgan fingerprint density at radius 3 is 3.24 bits per heavy atom. The number of H-pyrrole nitrogens is 1. The first-order valence-corrected chi connectivity index (χ1v) is 5.58. The van der Waals surface area contributed by atoms with Gasteiger partial charge in [0.25, 0.3) is 0 Å². The van der Waals surface area contributed by atoms with Crippen molar-refractivity contribution in [2.45, 2.75) is 13.1 Å². The molecule has 1 N–H and O–H groups in total. The molecule has 0 aliphatic carbocycles. The van der Waals surface area contributed by atoms with Gasteiger partial charge in [0, 0.05) is 19.3 Å². The number of hydrogen-bond donors (Lipinski definition) is 1. The van der Waals surface area contributed by atoms with Crippen LogP contribution in [0.25, 0.3) is 0 Å². The molecule has 0 fully saturated rings. The van der Waals surface area contributed by atoms with Crippen molar-refractivity contribution in [3.05, 3.63) is 36.2 Å². The van der Waals surface area contributed by atoms with Crippen molar-refractivity contribution in [2.75, 3.05) is 13.1 Å². The van der Waals surface area contributed by atoms with Gasteiger partial charge in [0.15, 0.2) is 5.78 Å². The summed E-state index contributed by atoms with van der Waals surface area (Å²) in [4.78, 5) is 16.9. The molecule has 3 heterocycles. The Labute approximate surface area is 98.3 Å². The predicted octanol–water partition coefficient (Wildman–Crippen LogP) is 0.305. The van der Waals surface area contributed by atoms with Crippen LogP contribution in [0.1, 0.15) is 16.3 Å². The highest BCUT2D eigenvalue weighted by atomic mass is 16.1. The van der Waals surface area contributed by atoms with Crippen LogP contribution in [0.5, 0.6) is 0 Å². The third-order valence-electron chi connectivity index (χ3n) is 2.98. The number of nitrogens with zero attached hydrogens (tertiary/aromatic N) is 4. The van der Waals surface area contributed by atoms with Gasteiger partial charge < -0.3 is 9.55 Å². The van der Waals surface area contributed by atoms with Crippen LogP contribution in [-0.2, 0) is 13.1 Å². The second kappa shape index (κ2) is 4.14. The van der Waals surface area contributed by atoms with Crippen molar-refractivity contribution >= 4 is 5.78 Å². The van der Waals surface area contributed by atoms with E-state index in [-0.39, 0.29) is 5.78 Å². The number of fused-ring (bicyclic) bond motifs is 1. The van der Waals surface area contributed by atoms with E-state index in [1.807, 2.05) is 10.6 Å². The van der Waals surface area contributed by atoms with Crippen LogP contribution in [0.2, 0.25) is 0 Å². The Hall–Kier alpha value is -1.95. The summed E-state index contributed by atoms with van der Waals surface area (Å²) in [5.41, 5.74) is 0.664. The fourth-order valence-corrected chi connectivity index (χ4v) is 2.04. The monoisotopic (exact) mass is 231 g/mol. The van der Waals surface area contributed by atoms with E-state index in [4.69, 9.17) is 0 Å². The molecule has 0 bridgehead atoms. The van der Waals surface area contributed by atoms with Crippen LogP contribution < -0.4 is 0 Å². The SMILES string of the molecule is O=C(CN1CCn2cnnc2C1)c1ccc[nH]1. The van der Waals surface area contributed by atoms with Gasteiger partial charge in [-0.25, -0.2) is 0 Å². The number of carbonyl (C=O) groups is 1. The van der Waals surface area contributed by atoms with Crippen molar-refractivity contribution in [3.8, 4) is 0 Å². The summed E-state index contributed by atoms with van der Waals surface area (Å²) in [6, 6.07) is 3.63. The molecule has 0 aromatic carbocycles.